The molecule has 2 aromatic rings. The van der Waals surface area contributed by atoms with Crippen LogP contribution in [0, 0.1) is 12.7 Å². The van der Waals surface area contributed by atoms with E-state index >= 15 is 0 Å². The van der Waals surface area contributed by atoms with Crippen LogP contribution in [0.25, 0.3) is 11.5 Å². The second-order valence-corrected chi connectivity index (χ2v) is 3.75. The van der Waals surface area contributed by atoms with Crippen LogP contribution >= 0.6 is 0 Å². The number of hydrogen-bond acceptors (Lipinski definition) is 6. The van der Waals surface area contributed by atoms with E-state index in [4.69, 9.17) is 5.73 Å². The van der Waals surface area contributed by atoms with Crippen LogP contribution in [0.15, 0.2) is 18.3 Å². The van der Waals surface area contributed by atoms with Gasteiger partial charge < -0.3 is 10.5 Å². The lowest BCUT2D eigenvalue weighted by molar-refractivity contribution is 0.0600. The molecule has 0 saturated carbocycles. The van der Waals surface area contributed by atoms with E-state index < -0.39 is 11.8 Å². The van der Waals surface area contributed by atoms with Gasteiger partial charge in [-0.3, -0.25) is 0 Å². The summed E-state index contributed by atoms with van der Waals surface area (Å²) in [5.74, 6) is -0.837. The summed E-state index contributed by atoms with van der Waals surface area (Å²) in [7, 11) is 1.25. The first-order chi connectivity index (χ1) is 9.02. The minimum Gasteiger partial charge on any atom is -0.465 e. The van der Waals surface area contributed by atoms with Crippen LogP contribution < -0.4 is 5.73 Å². The van der Waals surface area contributed by atoms with Crippen LogP contribution in [0.1, 0.15) is 16.1 Å². The lowest BCUT2D eigenvalue weighted by Crippen LogP contribution is -2.12. The van der Waals surface area contributed by atoms with Gasteiger partial charge in [-0.2, -0.15) is 0 Å². The number of carbonyl (C=O) groups is 1. The van der Waals surface area contributed by atoms with Crippen molar-refractivity contribution in [3.8, 4) is 11.5 Å². The number of hydrogen-bond donors (Lipinski definition) is 1. The van der Waals surface area contributed by atoms with E-state index in [2.05, 4.69) is 19.7 Å². The third kappa shape index (κ3) is 2.49. The Morgan fingerprint density at radius 3 is 2.63 bits per heavy atom. The largest absolute Gasteiger partial charge is 0.465 e. The fourth-order valence-corrected chi connectivity index (χ4v) is 1.57. The van der Waals surface area contributed by atoms with Crippen molar-refractivity contribution in [2.24, 2.45) is 0 Å². The lowest BCUT2D eigenvalue weighted by Gasteiger charge is -2.08. The van der Waals surface area contributed by atoms with Crippen molar-refractivity contribution in [2.45, 2.75) is 6.92 Å². The number of aryl methyl sites for hydroxylation is 1. The van der Waals surface area contributed by atoms with Crippen molar-refractivity contribution in [2.75, 3.05) is 12.8 Å². The fraction of sp³-hybridized carbons (Fsp3) is 0.167. The van der Waals surface area contributed by atoms with Crippen LogP contribution in [0.4, 0.5) is 10.2 Å². The van der Waals surface area contributed by atoms with Gasteiger partial charge in [-0.25, -0.2) is 24.1 Å². The highest BCUT2D eigenvalue weighted by atomic mass is 19.1. The first-order valence-corrected chi connectivity index (χ1v) is 5.37. The number of nitrogen functional groups attached to an aromatic ring is 1. The minimum atomic E-state index is -0.603. The molecule has 0 aliphatic rings. The zero-order chi connectivity index (χ0) is 14.0. The predicted molar refractivity (Wildman–Crippen MR) is 65.7 cm³/mol. The van der Waals surface area contributed by atoms with E-state index in [9.17, 15) is 9.18 Å². The Morgan fingerprint density at radius 2 is 2.11 bits per heavy atom. The van der Waals surface area contributed by atoms with Crippen LogP contribution in [0.3, 0.4) is 0 Å². The molecule has 0 bridgehead atoms. The summed E-state index contributed by atoms with van der Waals surface area (Å²) in [5.41, 5.74) is 6.57. The lowest BCUT2D eigenvalue weighted by atomic mass is 10.2. The number of methoxy groups -OCH3 is 1. The van der Waals surface area contributed by atoms with Gasteiger partial charge in [-0.05, 0) is 19.1 Å². The van der Waals surface area contributed by atoms with E-state index in [-0.39, 0.29) is 17.2 Å². The average Bonchev–Trinajstić information content (AvgIpc) is 2.38. The third-order valence-electron chi connectivity index (χ3n) is 2.46. The van der Waals surface area contributed by atoms with E-state index in [0.29, 0.717) is 11.4 Å². The highest BCUT2D eigenvalue weighted by molar-refractivity contribution is 5.95. The molecule has 2 N–H and O–H groups in total. The molecule has 0 unspecified atom stereocenters. The first-order valence-electron chi connectivity index (χ1n) is 5.37. The van der Waals surface area contributed by atoms with Crippen LogP contribution in [0.5, 0.6) is 0 Å². The molecule has 98 valence electrons. The Labute approximate surface area is 108 Å². The van der Waals surface area contributed by atoms with Gasteiger partial charge in [-0.1, -0.05) is 0 Å². The molecule has 0 amide bonds. The summed E-state index contributed by atoms with van der Waals surface area (Å²) in [5, 5.41) is 0. The van der Waals surface area contributed by atoms with Crippen molar-refractivity contribution in [1.29, 1.82) is 0 Å². The van der Waals surface area contributed by atoms with Crippen molar-refractivity contribution >= 4 is 11.8 Å². The van der Waals surface area contributed by atoms with Crippen molar-refractivity contribution in [3.05, 3.63) is 35.4 Å². The topological polar surface area (TPSA) is 91.0 Å². The maximum atomic E-state index is 12.8. The molecule has 0 radical (unpaired) electrons. The molecule has 0 atom stereocenters. The molecule has 0 aliphatic heterocycles. The quantitative estimate of drug-likeness (QED) is 0.821. The number of anilines is 1. The van der Waals surface area contributed by atoms with Gasteiger partial charge in [0.1, 0.15) is 22.9 Å². The molecule has 0 aliphatic carbocycles. The zero-order valence-corrected chi connectivity index (χ0v) is 10.3. The number of ether oxygens (including phenoxy) is 1. The molecule has 6 nitrogen and oxygen atoms in total. The molecule has 0 saturated heterocycles. The number of esters is 1. The van der Waals surface area contributed by atoms with Crippen LogP contribution in [-0.4, -0.2) is 28.0 Å². The third-order valence-corrected chi connectivity index (χ3v) is 2.46. The number of halogens is 1. The number of pyridine rings is 1. The zero-order valence-electron chi connectivity index (χ0n) is 10.3. The van der Waals surface area contributed by atoms with Gasteiger partial charge in [0.05, 0.1) is 19.0 Å². The molecule has 0 fully saturated rings. The number of carbonyl (C=O) groups excluding carboxylic acids is 1. The maximum Gasteiger partial charge on any atom is 0.343 e. The highest BCUT2D eigenvalue weighted by Crippen LogP contribution is 2.19. The normalized spacial score (nSPS) is 10.3. The summed E-state index contributed by atoms with van der Waals surface area (Å²) in [6, 6.07) is 2.67. The molecule has 0 aromatic carbocycles. The van der Waals surface area contributed by atoms with Crippen LogP contribution in [-0.2, 0) is 4.74 Å². The summed E-state index contributed by atoms with van der Waals surface area (Å²) >= 11 is 0. The van der Waals surface area contributed by atoms with E-state index in [1.54, 1.807) is 6.92 Å². The standard InChI is InChI=1S/C12H11FN4O2/c1-6-9(12(18)19-2)10(14)17-11(16-6)8-4-3-7(13)5-15-8/h3-5H,1-2H3,(H2,14,16,17). The van der Waals surface area contributed by atoms with E-state index in [0.717, 1.165) is 6.20 Å². The Bertz CT molecular complexity index is 605. The molecule has 0 spiro atoms. The molecule has 19 heavy (non-hydrogen) atoms. The first kappa shape index (κ1) is 12.9. The van der Waals surface area contributed by atoms with Crippen molar-refractivity contribution in [1.82, 2.24) is 15.0 Å². The SMILES string of the molecule is COC(=O)c1c(C)nc(-c2ccc(F)cn2)nc1N. The second kappa shape index (κ2) is 4.97. The van der Waals surface area contributed by atoms with Gasteiger partial charge in [0, 0.05) is 0 Å². The summed E-state index contributed by atoms with van der Waals surface area (Å²) < 4.78 is 17.4. The smallest absolute Gasteiger partial charge is 0.343 e. The number of rotatable bonds is 2. The summed E-state index contributed by atoms with van der Waals surface area (Å²) in [6.45, 7) is 1.61. The van der Waals surface area contributed by atoms with E-state index in [1.165, 1.54) is 19.2 Å². The molecule has 2 rings (SSSR count). The summed E-state index contributed by atoms with van der Waals surface area (Å²) in [4.78, 5) is 23.5. The number of nitrogens with two attached hydrogens (primary N) is 1. The maximum absolute atomic E-state index is 12.8. The Balaban J connectivity index is 2.51. The fourth-order valence-electron chi connectivity index (χ4n) is 1.57. The monoisotopic (exact) mass is 262 g/mol. The van der Waals surface area contributed by atoms with Gasteiger partial charge in [0.15, 0.2) is 5.82 Å². The molecule has 2 aromatic heterocycles. The average molecular weight is 262 g/mol. The van der Waals surface area contributed by atoms with Gasteiger partial charge in [0.2, 0.25) is 0 Å². The van der Waals surface area contributed by atoms with Crippen LogP contribution in [0.2, 0.25) is 0 Å². The Kier molecular flexibility index (Phi) is 3.37. The molecule has 2 heterocycles. The predicted octanol–water partition coefficient (Wildman–Crippen LogP) is 1.35. The van der Waals surface area contributed by atoms with E-state index in [1.807, 2.05) is 0 Å². The second-order valence-electron chi connectivity index (χ2n) is 3.75. The Hall–Kier alpha value is -2.57. The number of nitrogens with zero attached hydrogens (tertiary/aromatic N) is 3. The van der Waals surface area contributed by atoms with Gasteiger partial charge in [-0.15, -0.1) is 0 Å². The Morgan fingerprint density at radius 1 is 1.37 bits per heavy atom. The van der Waals surface area contributed by atoms with Gasteiger partial charge in [0.25, 0.3) is 0 Å². The number of aromatic nitrogens is 3. The van der Waals surface area contributed by atoms with Crippen molar-refractivity contribution < 1.29 is 13.9 Å². The molecule has 7 heteroatoms. The van der Waals surface area contributed by atoms with Gasteiger partial charge >= 0.3 is 5.97 Å². The highest BCUT2D eigenvalue weighted by Gasteiger charge is 2.18. The minimum absolute atomic E-state index is 0.000440. The van der Waals surface area contributed by atoms with Crippen molar-refractivity contribution in [3.63, 3.8) is 0 Å². The molecular formula is C12H11FN4O2. The summed E-state index contributed by atoms with van der Waals surface area (Å²) in [6.07, 6.45) is 1.05. The molecular weight excluding hydrogens is 251 g/mol.